The minimum absolute atomic E-state index is 0.486. The van der Waals surface area contributed by atoms with E-state index in [9.17, 15) is 0 Å². The molecule has 0 amide bonds. The summed E-state index contributed by atoms with van der Waals surface area (Å²) in [6.07, 6.45) is 1.65. The molecule has 9 heavy (non-hydrogen) atoms. The first-order valence-corrected chi connectivity index (χ1v) is 5.48. The van der Waals surface area contributed by atoms with Crippen LogP contribution < -0.4 is 0 Å². The molecule has 0 aliphatic rings. The largest absolute Gasteiger partial charge is 0.426 e. The number of halogens is 1. The first-order chi connectivity index (χ1) is 4.31. The molecule has 0 saturated heterocycles. The summed E-state index contributed by atoms with van der Waals surface area (Å²) in [5.74, 6) is 0. The van der Waals surface area contributed by atoms with E-state index in [1.807, 2.05) is 6.92 Å². The van der Waals surface area contributed by atoms with Crippen LogP contribution in [0.1, 0.15) is 6.92 Å². The first-order valence-electron chi connectivity index (χ1n) is 2.79. The Morgan fingerprint density at radius 1 is 1.67 bits per heavy atom. The van der Waals surface area contributed by atoms with Crippen LogP contribution in [0.3, 0.4) is 0 Å². The highest BCUT2D eigenvalue weighted by atomic mass is 35.6. The van der Waals surface area contributed by atoms with Gasteiger partial charge in [0.05, 0.1) is 6.61 Å². The summed E-state index contributed by atoms with van der Waals surface area (Å²) in [5.41, 5.74) is 0. The highest BCUT2D eigenvalue weighted by Crippen LogP contribution is 1.93. The van der Waals surface area contributed by atoms with Crippen LogP contribution in [0.15, 0.2) is 12.7 Å². The summed E-state index contributed by atoms with van der Waals surface area (Å²) in [6, 6.07) is 0. The average molecular weight is 167 g/mol. The van der Waals surface area contributed by atoms with Crippen LogP contribution in [0, 0.1) is 0 Å². The van der Waals surface area contributed by atoms with Crippen molar-refractivity contribution in [1.29, 1.82) is 0 Å². The molecule has 0 N–H and O–H groups in total. The maximum Gasteiger partial charge on any atom is 0.426 e. The second-order valence-corrected chi connectivity index (χ2v) is 3.64. The smallest absolute Gasteiger partial charge is 0.386 e. The highest BCUT2D eigenvalue weighted by Gasteiger charge is 2.04. The highest BCUT2D eigenvalue weighted by molar-refractivity contribution is 6.99. The van der Waals surface area contributed by atoms with Crippen LogP contribution in [0.2, 0.25) is 0 Å². The van der Waals surface area contributed by atoms with Crippen molar-refractivity contribution in [3.8, 4) is 0 Å². The molecule has 0 fully saturated rings. The molecule has 1 atom stereocenters. The van der Waals surface area contributed by atoms with Crippen LogP contribution in [0.5, 0.6) is 0 Å². The van der Waals surface area contributed by atoms with Crippen molar-refractivity contribution in [1.82, 2.24) is 0 Å². The molecule has 0 aromatic rings. The Morgan fingerprint density at radius 2 is 2.33 bits per heavy atom. The number of hydrogen-bond donors (Lipinski definition) is 0. The number of rotatable bonds is 5. The lowest BCUT2D eigenvalue weighted by atomic mass is 10.7. The van der Waals surface area contributed by atoms with Gasteiger partial charge in [-0.2, -0.15) is 0 Å². The van der Waals surface area contributed by atoms with E-state index in [0.29, 0.717) is 13.2 Å². The lowest BCUT2D eigenvalue weighted by molar-refractivity contribution is 0.241. The second kappa shape index (κ2) is 6.29. The minimum atomic E-state index is -1.82. The molecule has 0 aliphatic carbocycles. The lowest BCUT2D eigenvalue weighted by Crippen LogP contribution is -2.15. The molecule has 4 heteroatoms. The quantitative estimate of drug-likeness (QED) is 0.347. The molecule has 0 radical (unpaired) electrons. The zero-order chi connectivity index (χ0) is 7.11. The van der Waals surface area contributed by atoms with Crippen molar-refractivity contribution >= 4 is 19.7 Å². The third-order valence-electron chi connectivity index (χ3n) is 0.643. The van der Waals surface area contributed by atoms with E-state index in [0.717, 1.165) is 0 Å². The van der Waals surface area contributed by atoms with Crippen molar-refractivity contribution in [2.45, 2.75) is 6.92 Å². The van der Waals surface area contributed by atoms with Crippen molar-refractivity contribution in [2.24, 2.45) is 0 Å². The lowest BCUT2D eigenvalue weighted by Gasteiger charge is -2.05. The van der Waals surface area contributed by atoms with E-state index >= 15 is 0 Å². The Hall–Kier alpha value is 0.167. The predicted octanol–water partition coefficient (Wildman–Crippen LogP) is 1.18. The average Bonchev–Trinajstić information content (AvgIpc) is 1.85. The van der Waals surface area contributed by atoms with Crippen molar-refractivity contribution < 1.29 is 8.85 Å². The van der Waals surface area contributed by atoms with Crippen molar-refractivity contribution in [3.05, 3.63) is 12.7 Å². The fourth-order valence-corrected chi connectivity index (χ4v) is 1.56. The predicted molar refractivity (Wildman–Crippen MR) is 40.8 cm³/mol. The van der Waals surface area contributed by atoms with Gasteiger partial charge in [0.1, 0.15) is 0 Å². The van der Waals surface area contributed by atoms with E-state index in [1.54, 1.807) is 6.08 Å². The molecule has 0 heterocycles. The SMILES string of the molecule is C=CCO[SiH](Cl)OCC. The molecule has 0 aromatic heterocycles. The summed E-state index contributed by atoms with van der Waals surface area (Å²) >= 11 is 5.61. The van der Waals surface area contributed by atoms with Gasteiger partial charge in [-0.3, -0.25) is 0 Å². The van der Waals surface area contributed by atoms with Crippen LogP contribution in [-0.2, 0) is 8.85 Å². The summed E-state index contributed by atoms with van der Waals surface area (Å²) in [4.78, 5) is 0. The summed E-state index contributed by atoms with van der Waals surface area (Å²) < 4.78 is 9.97. The standard InChI is InChI=1S/C5H11ClO2Si/c1-3-5-8-9(6)7-4-2/h3,9H,1,4-5H2,2H3. The van der Waals surface area contributed by atoms with Crippen LogP contribution >= 0.6 is 11.1 Å². The van der Waals surface area contributed by atoms with Gasteiger partial charge in [0.15, 0.2) is 0 Å². The molecule has 1 unspecified atom stereocenters. The first kappa shape index (κ1) is 9.17. The van der Waals surface area contributed by atoms with Gasteiger partial charge in [0.25, 0.3) is 0 Å². The number of hydrogen-bond acceptors (Lipinski definition) is 2. The monoisotopic (exact) mass is 166 g/mol. The van der Waals surface area contributed by atoms with Crippen LogP contribution in [-0.4, -0.2) is 21.8 Å². The van der Waals surface area contributed by atoms with E-state index in [4.69, 9.17) is 19.9 Å². The van der Waals surface area contributed by atoms with Crippen LogP contribution in [0.4, 0.5) is 0 Å². The fraction of sp³-hybridized carbons (Fsp3) is 0.600. The third kappa shape index (κ3) is 6.05. The normalized spacial score (nSPS) is 13.1. The van der Waals surface area contributed by atoms with Gasteiger partial charge in [0, 0.05) is 6.61 Å². The Bertz CT molecular complexity index is 79.4. The zero-order valence-electron chi connectivity index (χ0n) is 5.47. The topological polar surface area (TPSA) is 18.5 Å². The van der Waals surface area contributed by atoms with Gasteiger partial charge >= 0.3 is 8.59 Å². The summed E-state index contributed by atoms with van der Waals surface area (Å²) in [6.45, 7) is 6.47. The van der Waals surface area contributed by atoms with Crippen LogP contribution in [0.25, 0.3) is 0 Å². The molecule has 0 rings (SSSR count). The van der Waals surface area contributed by atoms with Gasteiger partial charge in [-0.1, -0.05) is 6.08 Å². The van der Waals surface area contributed by atoms with Crippen molar-refractivity contribution in [2.75, 3.05) is 13.2 Å². The van der Waals surface area contributed by atoms with E-state index in [2.05, 4.69) is 6.58 Å². The van der Waals surface area contributed by atoms with E-state index < -0.39 is 8.59 Å². The molecule has 54 valence electrons. The summed E-state index contributed by atoms with van der Waals surface area (Å²) in [5, 5.41) is 0. The van der Waals surface area contributed by atoms with Gasteiger partial charge < -0.3 is 8.85 Å². The van der Waals surface area contributed by atoms with Gasteiger partial charge in [-0.25, -0.2) is 0 Å². The van der Waals surface area contributed by atoms with Gasteiger partial charge in [-0.05, 0) is 6.92 Å². The third-order valence-corrected chi connectivity index (χ3v) is 2.45. The Kier molecular flexibility index (Phi) is 6.41. The minimum Gasteiger partial charge on any atom is -0.386 e. The molecule has 2 nitrogen and oxygen atoms in total. The van der Waals surface area contributed by atoms with E-state index in [-0.39, 0.29) is 0 Å². The Morgan fingerprint density at radius 3 is 2.78 bits per heavy atom. The van der Waals surface area contributed by atoms with Crippen molar-refractivity contribution in [3.63, 3.8) is 0 Å². The molecule has 0 saturated carbocycles. The second-order valence-electron chi connectivity index (χ2n) is 1.35. The molecule has 0 spiro atoms. The molecular formula is C5H11ClO2Si. The van der Waals surface area contributed by atoms with Gasteiger partial charge in [0.2, 0.25) is 0 Å². The maximum atomic E-state index is 5.61. The maximum absolute atomic E-state index is 5.61. The molecule has 0 aromatic carbocycles. The van der Waals surface area contributed by atoms with Gasteiger partial charge in [-0.15, -0.1) is 17.7 Å². The molecule has 0 aliphatic heterocycles. The zero-order valence-corrected chi connectivity index (χ0v) is 7.38. The fourth-order valence-electron chi connectivity index (χ4n) is 0.323. The summed E-state index contributed by atoms with van der Waals surface area (Å²) in [7, 11) is -1.82. The molecule has 0 bridgehead atoms. The Labute approximate surface area is 62.0 Å². The Balaban J connectivity index is 3.04. The molecular weight excluding hydrogens is 156 g/mol. The van der Waals surface area contributed by atoms with E-state index in [1.165, 1.54) is 0 Å².